The van der Waals surface area contributed by atoms with Crippen molar-refractivity contribution in [2.75, 3.05) is 0 Å². The Labute approximate surface area is 104 Å². The second kappa shape index (κ2) is 7.78. The lowest BCUT2D eigenvalue weighted by Crippen LogP contribution is -1.96. The molecule has 1 heterocycles. The van der Waals surface area contributed by atoms with E-state index >= 15 is 0 Å². The largest absolute Gasteiger partial charge is 0.412 e. The maximum Gasteiger partial charge on any atom is 0.0821 e. The minimum absolute atomic E-state index is 0.480. The maximum atomic E-state index is 9.03. The van der Waals surface area contributed by atoms with Gasteiger partial charge < -0.3 is 5.21 Å². The molecule has 1 unspecified atom stereocenters. The van der Waals surface area contributed by atoms with Gasteiger partial charge in [-0.05, 0) is 12.8 Å². The Hall–Kier alpha value is -1.43. The molecule has 0 spiro atoms. The van der Waals surface area contributed by atoms with Crippen LogP contribution in [0.15, 0.2) is 12.4 Å². The molecule has 1 rings (SSSR count). The van der Waals surface area contributed by atoms with Crippen LogP contribution in [0.5, 0.6) is 0 Å². The summed E-state index contributed by atoms with van der Waals surface area (Å²) in [7, 11) is 0. The van der Waals surface area contributed by atoms with E-state index in [0.29, 0.717) is 5.92 Å². The van der Waals surface area contributed by atoms with Crippen LogP contribution in [0.25, 0.3) is 0 Å². The molecule has 3 heteroatoms. The van der Waals surface area contributed by atoms with Crippen LogP contribution in [-0.4, -0.2) is 15.2 Å². The van der Waals surface area contributed by atoms with Crippen molar-refractivity contribution >= 4 is 0 Å². The zero-order chi connectivity index (χ0) is 12.5. The molecule has 0 bridgehead atoms. The molecule has 0 saturated heterocycles. The predicted octanol–water partition coefficient (Wildman–Crippen LogP) is 3.47. The van der Waals surface area contributed by atoms with E-state index in [4.69, 9.17) is 5.21 Å². The summed E-state index contributed by atoms with van der Waals surface area (Å²) in [5.74, 6) is 6.86. The number of unbranched alkanes of at least 4 members (excludes halogenated alkanes) is 2. The Bertz CT molecular complexity index is 373. The van der Waals surface area contributed by atoms with Crippen LogP contribution in [0.4, 0.5) is 0 Å². The molecular formula is C14H22N2O. The van der Waals surface area contributed by atoms with Gasteiger partial charge in [-0.2, -0.15) is 0 Å². The highest BCUT2D eigenvalue weighted by Crippen LogP contribution is 2.14. The summed E-state index contributed by atoms with van der Waals surface area (Å²) in [6.45, 7) is 4.41. The average molecular weight is 234 g/mol. The fraction of sp³-hybridized carbons (Fsp3) is 0.643. The molecule has 0 aliphatic rings. The van der Waals surface area contributed by atoms with Gasteiger partial charge in [-0.1, -0.05) is 51.4 Å². The second-order valence-electron chi connectivity index (χ2n) is 4.40. The van der Waals surface area contributed by atoms with Crippen LogP contribution in [0.2, 0.25) is 0 Å². The monoisotopic (exact) mass is 234 g/mol. The number of rotatable bonds is 6. The van der Waals surface area contributed by atoms with Crippen molar-refractivity contribution < 1.29 is 5.21 Å². The van der Waals surface area contributed by atoms with E-state index in [2.05, 4.69) is 30.8 Å². The third kappa shape index (κ3) is 5.44. The van der Waals surface area contributed by atoms with E-state index in [1.54, 1.807) is 6.20 Å². The molecule has 1 aromatic rings. The molecule has 0 aliphatic carbocycles. The van der Waals surface area contributed by atoms with Crippen LogP contribution >= 0.6 is 0 Å². The summed E-state index contributed by atoms with van der Waals surface area (Å²) in [6.07, 6.45) is 10.4. The molecule has 0 saturated carbocycles. The minimum atomic E-state index is 0.480. The molecule has 1 aromatic heterocycles. The molecule has 0 amide bonds. The summed E-state index contributed by atoms with van der Waals surface area (Å²) in [4.78, 5) is 0.802. The van der Waals surface area contributed by atoms with Gasteiger partial charge in [0.05, 0.1) is 18.0 Å². The van der Waals surface area contributed by atoms with E-state index in [1.165, 1.54) is 38.3 Å². The number of hydrogen-bond acceptors (Lipinski definition) is 2. The van der Waals surface area contributed by atoms with Gasteiger partial charge >= 0.3 is 0 Å². The molecule has 1 atom stereocenters. The second-order valence-corrected chi connectivity index (χ2v) is 4.40. The van der Waals surface area contributed by atoms with Crippen molar-refractivity contribution in [2.45, 2.75) is 52.4 Å². The average Bonchev–Trinajstić information content (AvgIpc) is 2.72. The lowest BCUT2D eigenvalue weighted by atomic mass is 9.97. The van der Waals surface area contributed by atoms with Crippen LogP contribution in [0, 0.1) is 17.8 Å². The first-order valence-corrected chi connectivity index (χ1v) is 6.51. The van der Waals surface area contributed by atoms with E-state index in [9.17, 15) is 0 Å². The highest BCUT2D eigenvalue weighted by Gasteiger charge is 2.03. The first-order valence-electron chi connectivity index (χ1n) is 6.51. The van der Waals surface area contributed by atoms with Gasteiger partial charge in [0.15, 0.2) is 0 Å². The Morgan fingerprint density at radius 2 is 2.12 bits per heavy atom. The molecule has 1 N–H and O–H groups in total. The van der Waals surface area contributed by atoms with Crippen LogP contribution < -0.4 is 0 Å². The van der Waals surface area contributed by atoms with Crippen molar-refractivity contribution in [1.29, 1.82) is 0 Å². The van der Waals surface area contributed by atoms with Crippen molar-refractivity contribution in [2.24, 2.45) is 5.92 Å². The molecule has 0 fully saturated rings. The molecule has 0 radical (unpaired) electrons. The van der Waals surface area contributed by atoms with Gasteiger partial charge in [0, 0.05) is 5.92 Å². The zero-order valence-corrected chi connectivity index (χ0v) is 10.8. The molecule has 17 heavy (non-hydrogen) atoms. The smallest absolute Gasteiger partial charge is 0.0821 e. The summed E-state index contributed by atoms with van der Waals surface area (Å²) in [6, 6.07) is 0. The SMILES string of the molecule is CCCCCC(C#Cc1cnn(O)c1)CCC. The van der Waals surface area contributed by atoms with E-state index < -0.39 is 0 Å². The summed E-state index contributed by atoms with van der Waals surface area (Å²) in [5, 5.41) is 12.7. The lowest BCUT2D eigenvalue weighted by Gasteiger charge is -2.07. The van der Waals surface area contributed by atoms with E-state index in [1.807, 2.05) is 0 Å². The molecular weight excluding hydrogens is 212 g/mol. The first-order chi connectivity index (χ1) is 8.26. The Balaban J connectivity index is 2.50. The van der Waals surface area contributed by atoms with Gasteiger partial charge in [0.1, 0.15) is 0 Å². The highest BCUT2D eigenvalue weighted by molar-refractivity contribution is 5.30. The summed E-state index contributed by atoms with van der Waals surface area (Å²) < 4.78 is 0. The van der Waals surface area contributed by atoms with Gasteiger partial charge in [-0.25, -0.2) is 0 Å². The molecule has 0 aromatic carbocycles. The minimum Gasteiger partial charge on any atom is -0.412 e. The van der Waals surface area contributed by atoms with Crippen LogP contribution in [0.3, 0.4) is 0 Å². The maximum absolute atomic E-state index is 9.03. The van der Waals surface area contributed by atoms with Crippen molar-refractivity contribution in [3.8, 4) is 11.8 Å². The first kappa shape index (κ1) is 13.6. The molecule has 3 nitrogen and oxygen atoms in total. The lowest BCUT2D eigenvalue weighted by molar-refractivity contribution is 0.149. The number of aromatic nitrogens is 2. The third-order valence-electron chi connectivity index (χ3n) is 2.78. The van der Waals surface area contributed by atoms with Gasteiger partial charge in [-0.15, -0.1) is 9.94 Å². The Kier molecular flexibility index (Phi) is 6.24. The molecule has 0 aliphatic heterocycles. The molecule has 94 valence electrons. The Morgan fingerprint density at radius 3 is 2.71 bits per heavy atom. The standard InChI is InChI=1S/C14H22N2O/c1-3-5-6-8-13(7-4-2)9-10-14-11-15-16(17)12-14/h11-13,17H,3-8H2,1-2H3. The zero-order valence-electron chi connectivity index (χ0n) is 10.8. The normalized spacial score (nSPS) is 11.9. The topological polar surface area (TPSA) is 38.0 Å². The highest BCUT2D eigenvalue weighted by atomic mass is 16.5. The van der Waals surface area contributed by atoms with Crippen LogP contribution in [0.1, 0.15) is 57.9 Å². The van der Waals surface area contributed by atoms with Crippen molar-refractivity contribution in [3.63, 3.8) is 0 Å². The fourth-order valence-corrected chi connectivity index (χ4v) is 1.84. The van der Waals surface area contributed by atoms with E-state index in [0.717, 1.165) is 16.8 Å². The van der Waals surface area contributed by atoms with Crippen LogP contribution in [-0.2, 0) is 0 Å². The summed E-state index contributed by atoms with van der Waals surface area (Å²) >= 11 is 0. The summed E-state index contributed by atoms with van der Waals surface area (Å²) in [5.41, 5.74) is 0.782. The van der Waals surface area contributed by atoms with Gasteiger partial charge in [0.25, 0.3) is 0 Å². The van der Waals surface area contributed by atoms with E-state index in [-0.39, 0.29) is 0 Å². The van der Waals surface area contributed by atoms with Gasteiger partial charge in [0.2, 0.25) is 0 Å². The quantitative estimate of drug-likeness (QED) is 0.465. The van der Waals surface area contributed by atoms with Crippen molar-refractivity contribution in [1.82, 2.24) is 9.94 Å². The Morgan fingerprint density at radius 1 is 1.29 bits per heavy atom. The van der Waals surface area contributed by atoms with Gasteiger partial charge in [-0.3, -0.25) is 0 Å². The number of nitrogens with zero attached hydrogens (tertiary/aromatic N) is 2. The van der Waals surface area contributed by atoms with Crippen molar-refractivity contribution in [3.05, 3.63) is 18.0 Å². The third-order valence-corrected chi connectivity index (χ3v) is 2.78. The fourth-order valence-electron chi connectivity index (χ4n) is 1.84. The predicted molar refractivity (Wildman–Crippen MR) is 68.8 cm³/mol. The number of hydrogen-bond donors (Lipinski definition) is 1.